The van der Waals surface area contributed by atoms with Crippen molar-refractivity contribution in [3.05, 3.63) is 35.4 Å². The van der Waals surface area contributed by atoms with Gasteiger partial charge in [0.2, 0.25) is 0 Å². The number of nitrogens with two attached hydrogens (primary N) is 1. The summed E-state index contributed by atoms with van der Waals surface area (Å²) in [5.74, 6) is 0. The summed E-state index contributed by atoms with van der Waals surface area (Å²) in [5.41, 5.74) is 6.76. The first-order chi connectivity index (χ1) is 8.22. The van der Waals surface area contributed by atoms with Gasteiger partial charge < -0.3 is 25.4 Å². The van der Waals surface area contributed by atoms with Crippen molar-refractivity contribution >= 4 is 0 Å². The van der Waals surface area contributed by atoms with E-state index in [0.29, 0.717) is 18.8 Å². The van der Waals surface area contributed by atoms with E-state index in [2.05, 4.69) is 0 Å². The molecular formula is C12H17NO4. The molecule has 2 unspecified atom stereocenters. The van der Waals surface area contributed by atoms with E-state index < -0.39 is 12.2 Å². The highest BCUT2D eigenvalue weighted by atomic mass is 16.7. The van der Waals surface area contributed by atoms with Gasteiger partial charge in [0, 0.05) is 12.1 Å². The van der Waals surface area contributed by atoms with Crippen LogP contribution in [0.1, 0.15) is 23.5 Å². The molecule has 2 rings (SSSR count). The van der Waals surface area contributed by atoms with Gasteiger partial charge in [-0.15, -0.1) is 0 Å². The van der Waals surface area contributed by atoms with Crippen molar-refractivity contribution in [3.8, 4) is 0 Å². The van der Waals surface area contributed by atoms with Crippen molar-refractivity contribution in [2.45, 2.75) is 18.5 Å². The SMILES string of the molecule is NCC(O)C(O)c1cccc(C2OCCO2)c1. The number of rotatable bonds is 4. The van der Waals surface area contributed by atoms with Crippen LogP contribution in [-0.4, -0.2) is 36.1 Å². The first-order valence-electron chi connectivity index (χ1n) is 5.61. The molecule has 4 N–H and O–H groups in total. The molecule has 0 radical (unpaired) electrons. The quantitative estimate of drug-likeness (QED) is 0.693. The fraction of sp³-hybridized carbons (Fsp3) is 0.500. The molecule has 1 fully saturated rings. The Morgan fingerprint density at radius 2 is 2.00 bits per heavy atom. The van der Waals surface area contributed by atoms with Crippen LogP contribution in [0.15, 0.2) is 24.3 Å². The van der Waals surface area contributed by atoms with E-state index in [1.807, 2.05) is 6.07 Å². The van der Waals surface area contributed by atoms with Gasteiger partial charge in [0.1, 0.15) is 6.10 Å². The zero-order valence-electron chi connectivity index (χ0n) is 9.45. The summed E-state index contributed by atoms with van der Waals surface area (Å²) in [6.45, 7) is 1.16. The first-order valence-corrected chi connectivity index (χ1v) is 5.61. The molecule has 1 aliphatic heterocycles. The third kappa shape index (κ3) is 2.83. The monoisotopic (exact) mass is 239 g/mol. The second-order valence-electron chi connectivity index (χ2n) is 3.99. The average molecular weight is 239 g/mol. The van der Waals surface area contributed by atoms with Gasteiger partial charge in [-0.1, -0.05) is 18.2 Å². The Labute approximate surface area is 99.8 Å². The molecule has 0 saturated carbocycles. The van der Waals surface area contributed by atoms with Gasteiger partial charge in [0.05, 0.1) is 19.3 Å². The van der Waals surface area contributed by atoms with Gasteiger partial charge in [0.15, 0.2) is 6.29 Å². The number of benzene rings is 1. The molecule has 0 aromatic heterocycles. The normalized spacial score (nSPS) is 20.4. The molecule has 1 aromatic rings. The Kier molecular flexibility index (Phi) is 4.09. The molecule has 5 heteroatoms. The van der Waals surface area contributed by atoms with Crippen LogP contribution in [0.25, 0.3) is 0 Å². The fourth-order valence-electron chi connectivity index (χ4n) is 1.79. The smallest absolute Gasteiger partial charge is 0.184 e. The Hall–Kier alpha value is -0.980. The molecule has 17 heavy (non-hydrogen) atoms. The summed E-state index contributed by atoms with van der Waals surface area (Å²) in [6.07, 6.45) is -2.32. The average Bonchev–Trinajstić information content (AvgIpc) is 2.91. The van der Waals surface area contributed by atoms with E-state index in [1.165, 1.54) is 0 Å². The summed E-state index contributed by atoms with van der Waals surface area (Å²) in [7, 11) is 0. The van der Waals surface area contributed by atoms with Gasteiger partial charge in [-0.25, -0.2) is 0 Å². The van der Waals surface area contributed by atoms with Crippen molar-refractivity contribution in [1.82, 2.24) is 0 Å². The largest absolute Gasteiger partial charge is 0.389 e. The number of ether oxygens (including phenoxy) is 2. The van der Waals surface area contributed by atoms with Crippen LogP contribution >= 0.6 is 0 Å². The molecule has 1 heterocycles. The molecule has 5 nitrogen and oxygen atoms in total. The topological polar surface area (TPSA) is 84.9 Å². The lowest BCUT2D eigenvalue weighted by Gasteiger charge is -2.18. The molecule has 0 aliphatic carbocycles. The number of aliphatic hydroxyl groups is 2. The van der Waals surface area contributed by atoms with Gasteiger partial charge in [-0.3, -0.25) is 0 Å². The van der Waals surface area contributed by atoms with Crippen molar-refractivity contribution < 1.29 is 19.7 Å². The lowest BCUT2D eigenvalue weighted by atomic mass is 10.0. The van der Waals surface area contributed by atoms with E-state index in [-0.39, 0.29) is 12.8 Å². The van der Waals surface area contributed by atoms with Gasteiger partial charge >= 0.3 is 0 Å². The predicted octanol–water partition coefficient (Wildman–Crippen LogP) is 0.0850. The van der Waals surface area contributed by atoms with E-state index >= 15 is 0 Å². The highest BCUT2D eigenvalue weighted by Crippen LogP contribution is 2.26. The molecule has 1 saturated heterocycles. The van der Waals surface area contributed by atoms with Crippen molar-refractivity contribution in [2.75, 3.05) is 19.8 Å². The fourth-order valence-corrected chi connectivity index (χ4v) is 1.79. The van der Waals surface area contributed by atoms with Crippen LogP contribution in [0, 0.1) is 0 Å². The van der Waals surface area contributed by atoms with Crippen LogP contribution in [0.3, 0.4) is 0 Å². The molecule has 0 spiro atoms. The van der Waals surface area contributed by atoms with Gasteiger partial charge in [-0.2, -0.15) is 0 Å². The third-order valence-corrected chi connectivity index (χ3v) is 2.75. The Morgan fingerprint density at radius 1 is 1.29 bits per heavy atom. The van der Waals surface area contributed by atoms with Crippen molar-refractivity contribution in [3.63, 3.8) is 0 Å². The Bertz CT molecular complexity index is 365. The van der Waals surface area contributed by atoms with Crippen LogP contribution in [0.4, 0.5) is 0 Å². The van der Waals surface area contributed by atoms with Gasteiger partial charge in [0.25, 0.3) is 0 Å². The van der Waals surface area contributed by atoms with E-state index in [4.69, 9.17) is 15.2 Å². The summed E-state index contributed by atoms with van der Waals surface area (Å²) in [6, 6.07) is 7.16. The maximum Gasteiger partial charge on any atom is 0.184 e. The molecule has 1 aromatic carbocycles. The van der Waals surface area contributed by atoms with Crippen LogP contribution in [0.5, 0.6) is 0 Å². The highest BCUT2D eigenvalue weighted by Gasteiger charge is 2.21. The van der Waals surface area contributed by atoms with E-state index in [9.17, 15) is 10.2 Å². The minimum absolute atomic E-state index is 0.0157. The lowest BCUT2D eigenvalue weighted by molar-refractivity contribution is -0.0444. The van der Waals surface area contributed by atoms with Crippen LogP contribution in [-0.2, 0) is 9.47 Å². The number of aliphatic hydroxyl groups excluding tert-OH is 2. The zero-order valence-corrected chi connectivity index (χ0v) is 9.45. The van der Waals surface area contributed by atoms with E-state index in [1.54, 1.807) is 18.2 Å². The Morgan fingerprint density at radius 3 is 2.65 bits per heavy atom. The lowest BCUT2D eigenvalue weighted by Crippen LogP contribution is -2.27. The predicted molar refractivity (Wildman–Crippen MR) is 61.1 cm³/mol. The minimum Gasteiger partial charge on any atom is -0.389 e. The molecule has 0 amide bonds. The van der Waals surface area contributed by atoms with E-state index in [0.717, 1.165) is 5.56 Å². The third-order valence-electron chi connectivity index (χ3n) is 2.75. The maximum absolute atomic E-state index is 9.84. The van der Waals surface area contributed by atoms with Crippen molar-refractivity contribution in [2.24, 2.45) is 5.73 Å². The second-order valence-corrected chi connectivity index (χ2v) is 3.99. The maximum atomic E-state index is 9.84. The zero-order chi connectivity index (χ0) is 12.3. The molecular weight excluding hydrogens is 222 g/mol. The summed E-state index contributed by atoms with van der Waals surface area (Å²) < 4.78 is 10.7. The number of hydrogen-bond acceptors (Lipinski definition) is 5. The molecule has 0 bridgehead atoms. The standard InChI is InChI=1S/C12H17NO4/c13-7-10(14)11(15)8-2-1-3-9(6-8)12-16-4-5-17-12/h1-3,6,10-12,14-15H,4-5,7,13H2. The summed E-state index contributed by atoms with van der Waals surface area (Å²) in [4.78, 5) is 0. The minimum atomic E-state index is -0.985. The molecule has 94 valence electrons. The molecule has 1 aliphatic rings. The summed E-state index contributed by atoms with van der Waals surface area (Å²) >= 11 is 0. The van der Waals surface area contributed by atoms with Crippen molar-refractivity contribution in [1.29, 1.82) is 0 Å². The van der Waals surface area contributed by atoms with Gasteiger partial charge in [-0.05, 0) is 11.6 Å². The number of hydrogen-bond donors (Lipinski definition) is 3. The second kappa shape index (κ2) is 5.57. The first kappa shape index (κ1) is 12.5. The Balaban J connectivity index is 2.15. The highest BCUT2D eigenvalue weighted by molar-refractivity contribution is 5.27. The molecule has 2 atom stereocenters. The van der Waals surface area contributed by atoms with Crippen LogP contribution in [0.2, 0.25) is 0 Å². The summed E-state index contributed by atoms with van der Waals surface area (Å²) in [5, 5.41) is 19.3. The van der Waals surface area contributed by atoms with Crippen LogP contribution < -0.4 is 5.73 Å².